The summed E-state index contributed by atoms with van der Waals surface area (Å²) in [5, 5.41) is 0. The summed E-state index contributed by atoms with van der Waals surface area (Å²) in [6.45, 7) is 3.94. The lowest BCUT2D eigenvalue weighted by Gasteiger charge is -2.19. The molecule has 78 valence electrons. The Morgan fingerprint density at radius 1 is 1.15 bits per heavy atom. The van der Waals surface area contributed by atoms with Gasteiger partial charge in [0.15, 0.2) is 0 Å². The van der Waals surface area contributed by atoms with Crippen molar-refractivity contribution < 1.29 is 8.78 Å². The van der Waals surface area contributed by atoms with E-state index in [0.717, 1.165) is 12.8 Å². The van der Waals surface area contributed by atoms with Crippen molar-refractivity contribution in [2.24, 2.45) is 5.41 Å². The summed E-state index contributed by atoms with van der Waals surface area (Å²) in [4.78, 5) is 0. The largest absolute Gasteiger partial charge is 0.248 e. The molecule has 2 heteroatoms. The molecule has 13 heavy (non-hydrogen) atoms. The van der Waals surface area contributed by atoms with Crippen LogP contribution in [0.5, 0.6) is 0 Å². The number of hydrogen-bond acceptors (Lipinski definition) is 0. The molecule has 0 radical (unpaired) electrons. The fraction of sp³-hybridized carbons (Fsp3) is 1.00. The molecule has 0 heterocycles. The van der Waals surface area contributed by atoms with Gasteiger partial charge in [-0.15, -0.1) is 0 Å². The zero-order valence-electron chi connectivity index (χ0n) is 8.71. The van der Waals surface area contributed by atoms with Crippen LogP contribution < -0.4 is 0 Å². The van der Waals surface area contributed by atoms with Gasteiger partial charge in [0.25, 0.3) is 0 Å². The van der Waals surface area contributed by atoms with E-state index in [1.54, 1.807) is 0 Å². The molecule has 1 fully saturated rings. The van der Waals surface area contributed by atoms with Crippen LogP contribution in [0.3, 0.4) is 0 Å². The molecule has 0 saturated heterocycles. The lowest BCUT2D eigenvalue weighted by Crippen LogP contribution is -2.17. The van der Waals surface area contributed by atoms with Crippen LogP contribution in [0.2, 0.25) is 0 Å². The molecule has 0 N–H and O–H groups in total. The summed E-state index contributed by atoms with van der Waals surface area (Å²) in [6, 6.07) is 0. The van der Waals surface area contributed by atoms with Crippen LogP contribution in [-0.2, 0) is 0 Å². The maximum atomic E-state index is 13.1. The molecule has 1 rings (SSSR count). The lowest BCUT2D eigenvalue weighted by atomic mass is 9.94. The summed E-state index contributed by atoms with van der Waals surface area (Å²) >= 11 is 0. The standard InChI is InChI=1S/C11H20F2/c1-3-5-11(12,13)9-8-10(4-2)6-7-10/h3-9H2,1-2H3. The van der Waals surface area contributed by atoms with Crippen molar-refractivity contribution in [3.05, 3.63) is 0 Å². The zero-order valence-corrected chi connectivity index (χ0v) is 8.71. The van der Waals surface area contributed by atoms with Crippen LogP contribution in [0.4, 0.5) is 8.78 Å². The second-order valence-electron chi connectivity index (χ2n) is 4.46. The highest BCUT2D eigenvalue weighted by molar-refractivity contribution is 4.92. The number of halogens is 2. The fourth-order valence-corrected chi connectivity index (χ4v) is 1.90. The van der Waals surface area contributed by atoms with Crippen LogP contribution in [-0.4, -0.2) is 5.92 Å². The van der Waals surface area contributed by atoms with Crippen molar-refractivity contribution in [1.29, 1.82) is 0 Å². The van der Waals surface area contributed by atoms with Gasteiger partial charge >= 0.3 is 0 Å². The van der Waals surface area contributed by atoms with Gasteiger partial charge < -0.3 is 0 Å². The molecule has 1 saturated carbocycles. The van der Waals surface area contributed by atoms with E-state index in [0.29, 0.717) is 11.8 Å². The third-order valence-electron chi connectivity index (χ3n) is 3.34. The van der Waals surface area contributed by atoms with Crippen molar-refractivity contribution >= 4 is 0 Å². The van der Waals surface area contributed by atoms with Gasteiger partial charge in [0.1, 0.15) is 0 Å². The summed E-state index contributed by atoms with van der Waals surface area (Å²) < 4.78 is 26.2. The van der Waals surface area contributed by atoms with E-state index in [9.17, 15) is 8.78 Å². The molecule has 0 spiro atoms. The highest BCUT2D eigenvalue weighted by Crippen LogP contribution is 2.53. The number of rotatable bonds is 6. The van der Waals surface area contributed by atoms with Gasteiger partial charge in [-0.25, -0.2) is 8.78 Å². The Morgan fingerprint density at radius 3 is 2.15 bits per heavy atom. The van der Waals surface area contributed by atoms with Crippen LogP contribution >= 0.6 is 0 Å². The van der Waals surface area contributed by atoms with Gasteiger partial charge in [0, 0.05) is 12.8 Å². The highest BCUT2D eigenvalue weighted by Gasteiger charge is 2.42. The minimum absolute atomic E-state index is 0.0623. The predicted octanol–water partition coefficient (Wildman–Crippen LogP) is 4.39. The average Bonchev–Trinajstić information content (AvgIpc) is 2.82. The Hall–Kier alpha value is -0.140. The Labute approximate surface area is 79.7 Å². The lowest BCUT2D eigenvalue weighted by molar-refractivity contribution is -0.0235. The van der Waals surface area contributed by atoms with Crippen molar-refractivity contribution in [2.45, 2.75) is 64.7 Å². The van der Waals surface area contributed by atoms with E-state index in [1.807, 2.05) is 6.92 Å². The first-order valence-electron chi connectivity index (χ1n) is 5.41. The van der Waals surface area contributed by atoms with Gasteiger partial charge in [-0.1, -0.05) is 26.7 Å². The van der Waals surface area contributed by atoms with Crippen LogP contribution in [0.15, 0.2) is 0 Å². The average molecular weight is 190 g/mol. The smallest absolute Gasteiger partial charge is 0.207 e. The molecule has 0 unspecified atom stereocenters. The number of alkyl halides is 2. The van der Waals surface area contributed by atoms with Gasteiger partial charge in [-0.3, -0.25) is 0 Å². The first-order valence-corrected chi connectivity index (χ1v) is 5.41. The van der Waals surface area contributed by atoms with Crippen molar-refractivity contribution in [3.8, 4) is 0 Å². The van der Waals surface area contributed by atoms with E-state index < -0.39 is 5.92 Å². The van der Waals surface area contributed by atoms with Crippen LogP contribution in [0.25, 0.3) is 0 Å². The third kappa shape index (κ3) is 3.24. The first-order chi connectivity index (χ1) is 6.04. The quantitative estimate of drug-likeness (QED) is 0.582. The molecule has 0 nitrogen and oxygen atoms in total. The summed E-state index contributed by atoms with van der Waals surface area (Å²) in [6.07, 6.45) is 4.91. The molecule has 0 aromatic rings. The predicted molar refractivity (Wildman–Crippen MR) is 51.0 cm³/mol. The molecule has 0 atom stereocenters. The van der Waals surface area contributed by atoms with E-state index >= 15 is 0 Å². The van der Waals surface area contributed by atoms with Crippen molar-refractivity contribution in [3.63, 3.8) is 0 Å². The molecule has 0 bridgehead atoms. The van der Waals surface area contributed by atoms with Crippen LogP contribution in [0.1, 0.15) is 58.8 Å². The highest BCUT2D eigenvalue weighted by atomic mass is 19.3. The number of hydrogen-bond donors (Lipinski definition) is 0. The van der Waals surface area contributed by atoms with Crippen LogP contribution in [0, 0.1) is 5.41 Å². The Morgan fingerprint density at radius 2 is 1.77 bits per heavy atom. The minimum atomic E-state index is -2.40. The molecule has 0 aromatic heterocycles. The summed E-state index contributed by atoms with van der Waals surface area (Å²) in [7, 11) is 0. The molecule has 0 aromatic carbocycles. The minimum Gasteiger partial charge on any atom is -0.207 e. The Kier molecular flexibility index (Phi) is 3.31. The zero-order chi connectivity index (χ0) is 9.95. The molecule has 0 amide bonds. The Balaban J connectivity index is 2.24. The van der Waals surface area contributed by atoms with Gasteiger partial charge in [-0.2, -0.15) is 0 Å². The third-order valence-corrected chi connectivity index (χ3v) is 3.34. The normalized spacial score (nSPS) is 20.3. The van der Waals surface area contributed by atoms with Gasteiger partial charge in [-0.05, 0) is 24.7 Å². The summed E-state index contributed by atoms with van der Waals surface area (Å²) in [5.41, 5.74) is 0.317. The van der Waals surface area contributed by atoms with Crippen molar-refractivity contribution in [1.82, 2.24) is 0 Å². The maximum Gasteiger partial charge on any atom is 0.248 e. The van der Waals surface area contributed by atoms with Gasteiger partial charge in [0.2, 0.25) is 5.92 Å². The van der Waals surface area contributed by atoms with Crippen molar-refractivity contribution in [2.75, 3.05) is 0 Å². The van der Waals surface area contributed by atoms with E-state index in [4.69, 9.17) is 0 Å². The second-order valence-corrected chi connectivity index (χ2v) is 4.46. The monoisotopic (exact) mass is 190 g/mol. The topological polar surface area (TPSA) is 0 Å². The first kappa shape index (κ1) is 10.9. The molecular weight excluding hydrogens is 170 g/mol. The van der Waals surface area contributed by atoms with E-state index in [2.05, 4.69) is 6.92 Å². The molecule has 0 aliphatic heterocycles. The maximum absolute atomic E-state index is 13.1. The molecule has 1 aliphatic rings. The summed E-state index contributed by atoms with van der Waals surface area (Å²) in [5.74, 6) is -2.40. The Bertz CT molecular complexity index is 159. The van der Waals surface area contributed by atoms with Gasteiger partial charge in [0.05, 0.1) is 0 Å². The molecular formula is C11H20F2. The fourth-order valence-electron chi connectivity index (χ4n) is 1.90. The second kappa shape index (κ2) is 3.93. The SMILES string of the molecule is CCCC(F)(F)CCC1(CC)CC1. The van der Waals surface area contributed by atoms with E-state index in [-0.39, 0.29) is 12.8 Å². The van der Waals surface area contributed by atoms with E-state index in [1.165, 1.54) is 12.8 Å². The molecule has 1 aliphatic carbocycles.